The van der Waals surface area contributed by atoms with Crippen molar-refractivity contribution in [1.82, 2.24) is 10.3 Å². The lowest BCUT2D eigenvalue weighted by atomic mass is 10.0. The Morgan fingerprint density at radius 3 is 2.38 bits per heavy atom. The Morgan fingerprint density at radius 1 is 1.12 bits per heavy atom. The van der Waals surface area contributed by atoms with E-state index in [4.69, 9.17) is 0 Å². The van der Waals surface area contributed by atoms with Crippen molar-refractivity contribution in [3.63, 3.8) is 0 Å². The van der Waals surface area contributed by atoms with Gasteiger partial charge < -0.3 is 10.2 Å². The molecular weight excluding hydrogens is 372 g/mol. The number of hydrogen-bond acceptors (Lipinski definition) is 5. The Labute approximate surface area is 161 Å². The number of hydrogen-bond donors (Lipinski definition) is 2. The number of sulfonamides is 1. The Kier molecular flexibility index (Phi) is 6.86. The van der Waals surface area contributed by atoms with Gasteiger partial charge in [0.05, 0.1) is 28.7 Å². The van der Waals surface area contributed by atoms with Crippen molar-refractivity contribution in [2.75, 3.05) is 35.8 Å². The second-order valence-corrected chi connectivity index (χ2v) is 8.18. The van der Waals surface area contributed by atoms with Gasteiger partial charge in [-0.05, 0) is 29.7 Å². The fraction of sp³-hybridized carbons (Fsp3) is 0.389. The summed E-state index contributed by atoms with van der Waals surface area (Å²) >= 11 is 0. The molecule has 8 heteroatoms. The summed E-state index contributed by atoms with van der Waals surface area (Å²) in [5, 5.41) is 3.30. The van der Waals surface area contributed by atoms with Crippen molar-refractivity contribution in [1.29, 1.82) is 0 Å². The molecule has 3 rings (SSSR count). The molecule has 0 amide bonds. The van der Waals surface area contributed by atoms with Gasteiger partial charge in [-0.15, -0.1) is 12.4 Å². The molecule has 0 unspecified atom stereocenters. The quantitative estimate of drug-likeness (QED) is 0.812. The van der Waals surface area contributed by atoms with Crippen molar-refractivity contribution in [2.45, 2.75) is 24.7 Å². The first-order valence-electron chi connectivity index (χ1n) is 8.49. The molecule has 0 radical (unpaired) electrons. The molecule has 2 N–H and O–H groups in total. The zero-order chi connectivity index (χ0) is 17.9. The monoisotopic (exact) mass is 396 g/mol. The van der Waals surface area contributed by atoms with Gasteiger partial charge >= 0.3 is 0 Å². The first-order valence-corrected chi connectivity index (χ1v) is 9.97. The van der Waals surface area contributed by atoms with Crippen LogP contribution in [-0.2, 0) is 10.0 Å². The Morgan fingerprint density at radius 2 is 1.77 bits per heavy atom. The van der Waals surface area contributed by atoms with Gasteiger partial charge in [0.25, 0.3) is 10.0 Å². The van der Waals surface area contributed by atoms with Crippen molar-refractivity contribution in [2.24, 2.45) is 0 Å². The van der Waals surface area contributed by atoms with Crippen LogP contribution in [0.1, 0.15) is 25.3 Å². The Hall–Kier alpha value is -1.83. The molecule has 1 aliphatic rings. The smallest absolute Gasteiger partial charge is 0.261 e. The molecule has 0 spiro atoms. The molecule has 0 bridgehead atoms. The van der Waals surface area contributed by atoms with Crippen LogP contribution in [0.2, 0.25) is 0 Å². The first-order chi connectivity index (χ1) is 12.0. The third-order valence-electron chi connectivity index (χ3n) is 4.32. The van der Waals surface area contributed by atoms with E-state index in [9.17, 15) is 8.42 Å². The number of piperazine rings is 1. The van der Waals surface area contributed by atoms with Crippen LogP contribution in [-0.4, -0.2) is 39.6 Å². The number of halogens is 1. The highest BCUT2D eigenvalue weighted by molar-refractivity contribution is 7.92. The Bertz CT molecular complexity index is 819. The van der Waals surface area contributed by atoms with Gasteiger partial charge in [-0.1, -0.05) is 26.0 Å². The van der Waals surface area contributed by atoms with E-state index >= 15 is 0 Å². The molecule has 1 saturated heterocycles. The van der Waals surface area contributed by atoms with Gasteiger partial charge in [0.15, 0.2) is 0 Å². The van der Waals surface area contributed by atoms with E-state index in [1.165, 1.54) is 6.20 Å². The average molecular weight is 397 g/mol. The maximum absolute atomic E-state index is 12.6. The van der Waals surface area contributed by atoms with Gasteiger partial charge in [0.1, 0.15) is 0 Å². The SMILES string of the molecule is CC(C)c1ccc(S(=O)(=O)Nc2cncc(N3CCNCC3)c2)cc1.Cl. The molecule has 2 heterocycles. The largest absolute Gasteiger partial charge is 0.368 e. The van der Waals surface area contributed by atoms with E-state index in [0.717, 1.165) is 37.4 Å². The molecule has 0 aliphatic carbocycles. The minimum absolute atomic E-state index is 0. The third kappa shape index (κ3) is 4.87. The van der Waals surface area contributed by atoms with E-state index < -0.39 is 10.0 Å². The van der Waals surface area contributed by atoms with Crippen LogP contribution in [0.15, 0.2) is 47.6 Å². The summed E-state index contributed by atoms with van der Waals surface area (Å²) in [6, 6.07) is 8.83. The van der Waals surface area contributed by atoms with E-state index in [1.54, 1.807) is 18.3 Å². The average Bonchev–Trinajstić information content (AvgIpc) is 2.62. The topological polar surface area (TPSA) is 74.3 Å². The molecule has 1 fully saturated rings. The molecule has 26 heavy (non-hydrogen) atoms. The van der Waals surface area contributed by atoms with Crippen molar-refractivity contribution in [3.05, 3.63) is 48.3 Å². The highest BCUT2D eigenvalue weighted by atomic mass is 35.5. The Balaban J connectivity index is 0.00000243. The second-order valence-electron chi connectivity index (χ2n) is 6.50. The summed E-state index contributed by atoms with van der Waals surface area (Å²) < 4.78 is 27.8. The number of benzene rings is 1. The molecule has 0 saturated carbocycles. The highest BCUT2D eigenvalue weighted by Crippen LogP contribution is 2.22. The summed E-state index contributed by atoms with van der Waals surface area (Å²) in [6.07, 6.45) is 3.30. The molecular formula is C18H25ClN4O2S. The fourth-order valence-corrected chi connectivity index (χ4v) is 3.86. The normalized spacial score (nSPS) is 14.8. The van der Waals surface area contributed by atoms with Crippen LogP contribution in [0, 0.1) is 0 Å². The number of pyridine rings is 1. The summed E-state index contributed by atoms with van der Waals surface area (Å²) in [4.78, 5) is 6.63. The number of nitrogens with one attached hydrogen (secondary N) is 2. The van der Waals surface area contributed by atoms with E-state index in [-0.39, 0.29) is 17.3 Å². The van der Waals surface area contributed by atoms with Crippen LogP contribution in [0.3, 0.4) is 0 Å². The molecule has 1 aliphatic heterocycles. The van der Waals surface area contributed by atoms with Gasteiger partial charge in [-0.25, -0.2) is 8.42 Å². The molecule has 2 aromatic rings. The van der Waals surface area contributed by atoms with Gasteiger partial charge in [-0.2, -0.15) is 0 Å². The molecule has 1 aromatic carbocycles. The lowest BCUT2D eigenvalue weighted by Gasteiger charge is -2.29. The molecule has 0 atom stereocenters. The predicted octanol–water partition coefficient (Wildman–Crippen LogP) is 2.84. The van der Waals surface area contributed by atoms with Crippen LogP contribution in [0.5, 0.6) is 0 Å². The standard InChI is InChI=1S/C18H24N4O2S.ClH/c1-14(2)15-3-5-18(6-4-15)25(23,24)21-16-11-17(13-20-12-16)22-9-7-19-8-10-22;/h3-6,11-14,19,21H,7-10H2,1-2H3;1H. The molecule has 6 nitrogen and oxygen atoms in total. The maximum Gasteiger partial charge on any atom is 0.261 e. The number of anilines is 2. The van der Waals surface area contributed by atoms with Crippen molar-refractivity contribution in [3.8, 4) is 0 Å². The van der Waals surface area contributed by atoms with E-state index in [0.29, 0.717) is 11.6 Å². The van der Waals surface area contributed by atoms with Gasteiger partial charge in [0, 0.05) is 26.2 Å². The van der Waals surface area contributed by atoms with Crippen LogP contribution < -0.4 is 14.9 Å². The number of aromatic nitrogens is 1. The number of rotatable bonds is 5. The zero-order valence-corrected chi connectivity index (χ0v) is 16.6. The van der Waals surface area contributed by atoms with E-state index in [2.05, 4.69) is 33.8 Å². The summed E-state index contributed by atoms with van der Waals surface area (Å²) in [5.74, 6) is 0.365. The van der Waals surface area contributed by atoms with Crippen LogP contribution >= 0.6 is 12.4 Å². The minimum Gasteiger partial charge on any atom is -0.368 e. The van der Waals surface area contributed by atoms with Crippen molar-refractivity contribution < 1.29 is 8.42 Å². The highest BCUT2D eigenvalue weighted by Gasteiger charge is 2.16. The van der Waals surface area contributed by atoms with Crippen LogP contribution in [0.4, 0.5) is 11.4 Å². The fourth-order valence-electron chi connectivity index (χ4n) is 2.83. The number of nitrogens with zero attached hydrogens (tertiary/aromatic N) is 2. The summed E-state index contributed by atoms with van der Waals surface area (Å²) in [7, 11) is -3.62. The zero-order valence-electron chi connectivity index (χ0n) is 15.0. The van der Waals surface area contributed by atoms with Gasteiger partial charge in [-0.3, -0.25) is 9.71 Å². The van der Waals surface area contributed by atoms with Gasteiger partial charge in [0.2, 0.25) is 0 Å². The lowest BCUT2D eigenvalue weighted by molar-refractivity contribution is 0.588. The van der Waals surface area contributed by atoms with Crippen molar-refractivity contribution >= 4 is 33.8 Å². The predicted molar refractivity (Wildman–Crippen MR) is 108 cm³/mol. The summed E-state index contributed by atoms with van der Waals surface area (Å²) in [6.45, 7) is 7.75. The third-order valence-corrected chi connectivity index (χ3v) is 5.71. The second kappa shape index (κ2) is 8.70. The minimum atomic E-state index is -3.62. The maximum atomic E-state index is 12.6. The summed E-state index contributed by atoms with van der Waals surface area (Å²) in [5.41, 5.74) is 2.52. The lowest BCUT2D eigenvalue weighted by Crippen LogP contribution is -2.43. The van der Waals surface area contributed by atoms with E-state index in [1.807, 2.05) is 18.2 Å². The first kappa shape index (κ1) is 20.5. The molecule has 142 valence electrons. The molecule has 1 aromatic heterocycles. The van der Waals surface area contributed by atoms with Crippen LogP contribution in [0.25, 0.3) is 0 Å².